The lowest BCUT2D eigenvalue weighted by Crippen LogP contribution is -2.41. The molecule has 1 aromatic heterocycles. The highest BCUT2D eigenvalue weighted by Crippen LogP contribution is 2.38. The summed E-state index contributed by atoms with van der Waals surface area (Å²) in [5.74, 6) is 1.67. The predicted octanol–water partition coefficient (Wildman–Crippen LogP) is 4.14. The zero-order valence-electron chi connectivity index (χ0n) is 17.7. The van der Waals surface area contributed by atoms with Crippen LogP contribution in [0.1, 0.15) is 37.5 Å². The highest BCUT2D eigenvalue weighted by molar-refractivity contribution is 6.31. The van der Waals surface area contributed by atoms with Crippen LogP contribution in [0, 0.1) is 0 Å². The van der Waals surface area contributed by atoms with Crippen molar-refractivity contribution in [3.8, 4) is 0 Å². The van der Waals surface area contributed by atoms with Gasteiger partial charge >= 0.3 is 0 Å². The van der Waals surface area contributed by atoms with Gasteiger partial charge < -0.3 is 24.5 Å². The number of furan rings is 1. The molecule has 0 amide bonds. The third-order valence-electron chi connectivity index (χ3n) is 5.36. The second kappa shape index (κ2) is 12.0. The van der Waals surface area contributed by atoms with Crippen LogP contribution in [0.15, 0.2) is 52.1 Å². The molecule has 3 rings (SSSR count). The van der Waals surface area contributed by atoms with Gasteiger partial charge in [0.1, 0.15) is 12.4 Å². The first-order valence-electron chi connectivity index (χ1n) is 10.7. The van der Waals surface area contributed by atoms with E-state index < -0.39 is 0 Å². The van der Waals surface area contributed by atoms with Gasteiger partial charge in [0.05, 0.1) is 12.8 Å². The van der Waals surface area contributed by atoms with Crippen molar-refractivity contribution in [2.24, 2.45) is 4.99 Å². The van der Waals surface area contributed by atoms with E-state index in [1.54, 1.807) is 6.26 Å². The summed E-state index contributed by atoms with van der Waals surface area (Å²) in [6.45, 7) is 6.97. The molecule has 0 saturated carbocycles. The number of rotatable bonds is 10. The molecule has 0 spiro atoms. The van der Waals surface area contributed by atoms with Crippen LogP contribution in [0.3, 0.4) is 0 Å². The maximum absolute atomic E-state index is 6.55. The molecule has 1 aromatic carbocycles. The van der Waals surface area contributed by atoms with Gasteiger partial charge in [-0.05, 0) is 49.9 Å². The maximum atomic E-state index is 6.55. The number of hydrogen-bond acceptors (Lipinski definition) is 4. The van der Waals surface area contributed by atoms with E-state index in [-0.39, 0.29) is 5.41 Å². The van der Waals surface area contributed by atoms with Crippen LogP contribution in [0.25, 0.3) is 0 Å². The second-order valence-corrected chi connectivity index (χ2v) is 7.89. The minimum Gasteiger partial charge on any atom is -0.467 e. The minimum absolute atomic E-state index is 0.0922. The molecule has 7 heteroatoms. The predicted molar refractivity (Wildman–Crippen MR) is 120 cm³/mol. The molecular formula is C23H32ClN3O3. The van der Waals surface area contributed by atoms with Crippen molar-refractivity contribution in [2.45, 2.75) is 38.2 Å². The zero-order chi connectivity index (χ0) is 21.1. The van der Waals surface area contributed by atoms with Gasteiger partial charge in [0.25, 0.3) is 0 Å². The highest BCUT2D eigenvalue weighted by Gasteiger charge is 2.36. The average Bonchev–Trinajstić information content (AvgIpc) is 3.29. The number of aliphatic imine (C=N–C) groups is 1. The molecule has 6 nitrogen and oxygen atoms in total. The summed E-state index contributed by atoms with van der Waals surface area (Å²) in [6.07, 6.45) is 4.38. The van der Waals surface area contributed by atoms with Crippen molar-refractivity contribution in [1.29, 1.82) is 0 Å². The molecular weight excluding hydrogens is 402 g/mol. The van der Waals surface area contributed by atoms with Gasteiger partial charge in [0, 0.05) is 43.3 Å². The van der Waals surface area contributed by atoms with Crippen LogP contribution in [-0.4, -0.2) is 45.4 Å². The Hall–Kier alpha value is -2.02. The Labute approximate surface area is 184 Å². The summed E-state index contributed by atoms with van der Waals surface area (Å²) in [7, 11) is 0. The molecule has 0 radical (unpaired) electrons. The van der Waals surface area contributed by atoms with Crippen molar-refractivity contribution in [2.75, 3.05) is 39.5 Å². The SMILES string of the molecule is CCNC(=NCC1(c2ccccc2Cl)CCOCC1)NCCCOCc1ccco1. The van der Waals surface area contributed by atoms with E-state index in [2.05, 4.69) is 23.6 Å². The Kier molecular flexibility index (Phi) is 9.05. The third kappa shape index (κ3) is 6.49. The zero-order valence-corrected chi connectivity index (χ0v) is 18.4. The van der Waals surface area contributed by atoms with Crippen molar-refractivity contribution < 1.29 is 13.9 Å². The Bertz CT molecular complexity index is 774. The summed E-state index contributed by atoms with van der Waals surface area (Å²) in [5, 5.41) is 7.55. The normalized spacial score (nSPS) is 16.4. The lowest BCUT2D eigenvalue weighted by molar-refractivity contribution is 0.0531. The van der Waals surface area contributed by atoms with Crippen molar-refractivity contribution in [3.05, 3.63) is 59.0 Å². The van der Waals surface area contributed by atoms with Gasteiger partial charge in [0.2, 0.25) is 0 Å². The Balaban J connectivity index is 1.54. The highest BCUT2D eigenvalue weighted by atomic mass is 35.5. The summed E-state index contributed by atoms with van der Waals surface area (Å²) in [6, 6.07) is 11.9. The molecule has 0 atom stereocenters. The average molecular weight is 434 g/mol. The van der Waals surface area contributed by atoms with Gasteiger partial charge in [-0.3, -0.25) is 4.99 Å². The van der Waals surface area contributed by atoms with E-state index in [0.29, 0.717) is 19.8 Å². The first-order valence-corrected chi connectivity index (χ1v) is 11.1. The van der Waals surface area contributed by atoms with Crippen molar-refractivity contribution >= 4 is 17.6 Å². The fourth-order valence-electron chi connectivity index (χ4n) is 3.69. The van der Waals surface area contributed by atoms with E-state index >= 15 is 0 Å². The van der Waals surface area contributed by atoms with E-state index in [1.807, 2.05) is 30.3 Å². The van der Waals surface area contributed by atoms with Crippen molar-refractivity contribution in [1.82, 2.24) is 10.6 Å². The standard InChI is InChI=1S/C23H32ClN3O3/c1-2-25-22(26-12-6-13-29-17-19-7-5-14-30-19)27-18-23(10-15-28-16-11-23)20-8-3-4-9-21(20)24/h3-5,7-9,14H,2,6,10-13,15-18H2,1H3,(H2,25,26,27). The summed E-state index contributed by atoms with van der Waals surface area (Å²) >= 11 is 6.55. The Morgan fingerprint density at radius 2 is 2.00 bits per heavy atom. The van der Waals surface area contributed by atoms with E-state index in [0.717, 1.165) is 62.3 Å². The maximum Gasteiger partial charge on any atom is 0.191 e. The Morgan fingerprint density at radius 1 is 1.17 bits per heavy atom. The van der Waals surface area contributed by atoms with E-state index in [9.17, 15) is 0 Å². The first-order chi connectivity index (χ1) is 14.7. The molecule has 1 fully saturated rings. The third-order valence-corrected chi connectivity index (χ3v) is 5.69. The molecule has 30 heavy (non-hydrogen) atoms. The lowest BCUT2D eigenvalue weighted by Gasteiger charge is -2.37. The number of hydrogen-bond donors (Lipinski definition) is 2. The molecule has 0 unspecified atom stereocenters. The molecule has 164 valence electrons. The quantitative estimate of drug-likeness (QED) is 0.335. The fourth-order valence-corrected chi connectivity index (χ4v) is 4.02. The first kappa shape index (κ1) is 22.7. The van der Waals surface area contributed by atoms with Gasteiger partial charge in [-0.25, -0.2) is 0 Å². The number of benzene rings is 1. The number of nitrogens with zero attached hydrogens (tertiary/aromatic N) is 1. The second-order valence-electron chi connectivity index (χ2n) is 7.48. The van der Waals surface area contributed by atoms with Crippen molar-refractivity contribution in [3.63, 3.8) is 0 Å². The topological polar surface area (TPSA) is 68.0 Å². The molecule has 1 aliphatic rings. The smallest absolute Gasteiger partial charge is 0.191 e. The molecule has 2 heterocycles. The van der Waals surface area contributed by atoms with E-state index in [1.165, 1.54) is 5.56 Å². The van der Waals surface area contributed by atoms with Gasteiger partial charge in [-0.15, -0.1) is 0 Å². The minimum atomic E-state index is -0.0922. The van der Waals surface area contributed by atoms with Crippen LogP contribution in [-0.2, 0) is 21.5 Å². The summed E-state index contributed by atoms with van der Waals surface area (Å²) in [5.41, 5.74) is 1.08. The Morgan fingerprint density at radius 3 is 2.73 bits per heavy atom. The fraction of sp³-hybridized carbons (Fsp3) is 0.522. The van der Waals surface area contributed by atoms with Crippen LogP contribution in [0.5, 0.6) is 0 Å². The van der Waals surface area contributed by atoms with Gasteiger partial charge in [-0.1, -0.05) is 29.8 Å². The lowest BCUT2D eigenvalue weighted by atomic mass is 9.74. The molecule has 0 bridgehead atoms. The molecule has 1 saturated heterocycles. The van der Waals surface area contributed by atoms with Crippen LogP contribution in [0.2, 0.25) is 5.02 Å². The monoisotopic (exact) mass is 433 g/mol. The van der Waals surface area contributed by atoms with Crippen LogP contribution in [0.4, 0.5) is 0 Å². The number of ether oxygens (including phenoxy) is 2. The van der Waals surface area contributed by atoms with Crippen LogP contribution < -0.4 is 10.6 Å². The molecule has 2 aromatic rings. The molecule has 1 aliphatic heterocycles. The van der Waals surface area contributed by atoms with Gasteiger partial charge in [0.15, 0.2) is 5.96 Å². The number of nitrogens with one attached hydrogen (secondary N) is 2. The van der Waals surface area contributed by atoms with Gasteiger partial charge in [-0.2, -0.15) is 0 Å². The number of guanidine groups is 1. The molecule has 0 aliphatic carbocycles. The largest absolute Gasteiger partial charge is 0.467 e. The molecule has 2 N–H and O–H groups in total. The summed E-state index contributed by atoms with van der Waals surface area (Å²) < 4.78 is 16.5. The van der Waals surface area contributed by atoms with Crippen LogP contribution >= 0.6 is 11.6 Å². The van der Waals surface area contributed by atoms with E-state index in [4.69, 9.17) is 30.5 Å². The number of halogens is 1. The summed E-state index contributed by atoms with van der Waals surface area (Å²) in [4.78, 5) is 4.91.